The molecular weight excluding hydrogens is 580 g/mol. The van der Waals surface area contributed by atoms with Gasteiger partial charge in [0.25, 0.3) is 5.91 Å². The Kier molecular flexibility index (Phi) is 10.2. The lowest BCUT2D eigenvalue weighted by Crippen LogP contribution is -2.59. The molecule has 0 saturated carbocycles. The zero-order valence-electron chi connectivity index (χ0n) is 27.5. The highest BCUT2D eigenvalue weighted by atomic mass is 16.6. The largest absolute Gasteiger partial charge is 0.465 e. The summed E-state index contributed by atoms with van der Waals surface area (Å²) in [4.78, 5) is 47.1. The Morgan fingerprint density at radius 1 is 1.13 bits per heavy atom. The first-order chi connectivity index (χ1) is 22.2. The van der Waals surface area contributed by atoms with Crippen molar-refractivity contribution in [3.05, 3.63) is 90.5 Å². The van der Waals surface area contributed by atoms with Gasteiger partial charge in [0.2, 0.25) is 5.91 Å². The van der Waals surface area contributed by atoms with Crippen molar-refractivity contribution >= 4 is 23.5 Å². The number of unbranched alkanes of at least 4 members (excludes halogenated alkanes) is 2. The van der Waals surface area contributed by atoms with E-state index in [4.69, 9.17) is 9.47 Å². The van der Waals surface area contributed by atoms with Crippen molar-refractivity contribution in [3.8, 4) is 0 Å². The van der Waals surface area contributed by atoms with Crippen molar-refractivity contribution < 1.29 is 29.0 Å². The van der Waals surface area contributed by atoms with E-state index >= 15 is 4.79 Å². The smallest absolute Gasteiger partial charge is 0.312 e. The summed E-state index contributed by atoms with van der Waals surface area (Å²) in [5, 5.41) is 10.8. The fourth-order valence-corrected chi connectivity index (χ4v) is 8.07. The number of rotatable bonds is 15. The van der Waals surface area contributed by atoms with Crippen LogP contribution in [0.15, 0.2) is 73.8 Å². The van der Waals surface area contributed by atoms with Gasteiger partial charge in [0, 0.05) is 12.2 Å². The Bertz CT molecular complexity index is 1460. The maximum Gasteiger partial charge on any atom is 0.312 e. The molecule has 0 aliphatic carbocycles. The quantitative estimate of drug-likeness (QED) is 0.160. The number of benzene rings is 2. The van der Waals surface area contributed by atoms with Gasteiger partial charge in [-0.1, -0.05) is 61.5 Å². The molecule has 5 rings (SSSR count). The molecule has 3 saturated heterocycles. The van der Waals surface area contributed by atoms with Gasteiger partial charge in [0.15, 0.2) is 0 Å². The van der Waals surface area contributed by atoms with E-state index in [2.05, 4.69) is 13.2 Å². The molecule has 3 fully saturated rings. The standard InChI is InChI=1S/C38H48N2O6/c1-6-9-10-14-22-45-36(44)32-31-34(42)40(29(25-41)24-28-15-12-11-13-16-28)33(38(31)20-19-37(32,8-3)46-38)35(43)39(21-7-2)30-23-26(4)17-18-27(30)5/h6-7,11-13,15-18,23,29,31-33,41H,1-2,8-10,14,19-22,24-25H2,3-5H3/t29-,31+,32+,33?,37-,38?/m1/s1. The second-order valence-electron chi connectivity index (χ2n) is 13.1. The lowest BCUT2D eigenvalue weighted by molar-refractivity contribution is -0.162. The van der Waals surface area contributed by atoms with E-state index in [1.807, 2.05) is 75.4 Å². The normalized spacial score (nSPS) is 26.9. The summed E-state index contributed by atoms with van der Waals surface area (Å²) in [6, 6.07) is 13.8. The van der Waals surface area contributed by atoms with Gasteiger partial charge in [-0.05, 0) is 81.5 Å². The number of esters is 1. The molecule has 1 spiro atoms. The van der Waals surface area contributed by atoms with E-state index in [-0.39, 0.29) is 31.6 Å². The van der Waals surface area contributed by atoms with Crippen LogP contribution in [0.5, 0.6) is 0 Å². The third kappa shape index (κ3) is 5.82. The van der Waals surface area contributed by atoms with Gasteiger partial charge < -0.3 is 24.4 Å². The average molecular weight is 629 g/mol. The predicted molar refractivity (Wildman–Crippen MR) is 178 cm³/mol. The van der Waals surface area contributed by atoms with Gasteiger partial charge in [-0.25, -0.2) is 0 Å². The molecule has 2 aromatic carbocycles. The van der Waals surface area contributed by atoms with E-state index in [9.17, 15) is 14.7 Å². The summed E-state index contributed by atoms with van der Waals surface area (Å²) in [5.74, 6) is -2.83. The summed E-state index contributed by atoms with van der Waals surface area (Å²) < 4.78 is 12.8. The van der Waals surface area contributed by atoms with Crippen LogP contribution in [0.4, 0.5) is 5.69 Å². The Labute approximate surface area is 273 Å². The van der Waals surface area contributed by atoms with Gasteiger partial charge in [-0.2, -0.15) is 0 Å². The third-order valence-electron chi connectivity index (χ3n) is 10.3. The molecule has 1 N–H and O–H groups in total. The Balaban J connectivity index is 1.60. The average Bonchev–Trinajstić information content (AvgIpc) is 3.67. The van der Waals surface area contributed by atoms with Crippen molar-refractivity contribution in [1.82, 2.24) is 4.90 Å². The van der Waals surface area contributed by atoms with E-state index < -0.39 is 41.1 Å². The molecule has 8 nitrogen and oxygen atoms in total. The number of likely N-dealkylation sites (tertiary alicyclic amines) is 1. The monoisotopic (exact) mass is 628 g/mol. The second kappa shape index (κ2) is 13.9. The molecule has 8 heteroatoms. The molecular formula is C38H48N2O6. The number of fused-ring (bicyclic) bond motifs is 1. The number of anilines is 1. The molecule has 2 bridgehead atoms. The van der Waals surface area contributed by atoms with Crippen molar-refractivity contribution in [3.63, 3.8) is 0 Å². The van der Waals surface area contributed by atoms with E-state index in [0.717, 1.165) is 35.2 Å². The zero-order chi connectivity index (χ0) is 33.1. The number of nitrogens with zero attached hydrogens (tertiary/aromatic N) is 2. The van der Waals surface area contributed by atoms with Crippen molar-refractivity contribution in [2.24, 2.45) is 11.8 Å². The van der Waals surface area contributed by atoms with Gasteiger partial charge in [0.05, 0.1) is 30.8 Å². The molecule has 0 radical (unpaired) electrons. The SMILES string of the molecule is C=CCCCCOC(=O)[C@@H]1[C@H]2C(=O)N([C@@H](CO)Cc3ccccc3)C(C(=O)N(CC=C)c3cc(C)ccc3C)C23CC[C@@]1(CC)O3. The van der Waals surface area contributed by atoms with E-state index in [1.165, 1.54) is 0 Å². The molecule has 2 aromatic rings. The van der Waals surface area contributed by atoms with E-state index in [0.29, 0.717) is 32.1 Å². The topological polar surface area (TPSA) is 96.4 Å². The molecule has 3 aliphatic rings. The highest BCUT2D eigenvalue weighted by Crippen LogP contribution is 2.65. The molecule has 6 atom stereocenters. The molecule has 3 heterocycles. The Hall–Kier alpha value is -3.75. The summed E-state index contributed by atoms with van der Waals surface area (Å²) in [7, 11) is 0. The number of amides is 2. The number of ether oxygens (including phenoxy) is 2. The van der Waals surface area contributed by atoms with Crippen LogP contribution in [0.1, 0.15) is 62.1 Å². The number of aliphatic hydroxyl groups excluding tert-OH is 1. The van der Waals surface area contributed by atoms with Crippen molar-refractivity contribution in [2.45, 2.75) is 89.0 Å². The van der Waals surface area contributed by atoms with Crippen LogP contribution < -0.4 is 4.90 Å². The van der Waals surface area contributed by atoms with Gasteiger partial charge in [-0.15, -0.1) is 13.2 Å². The predicted octanol–water partition coefficient (Wildman–Crippen LogP) is 5.48. The Morgan fingerprint density at radius 3 is 2.57 bits per heavy atom. The minimum absolute atomic E-state index is 0.222. The fourth-order valence-electron chi connectivity index (χ4n) is 8.07. The molecule has 3 aliphatic heterocycles. The van der Waals surface area contributed by atoms with Gasteiger partial charge in [0.1, 0.15) is 17.6 Å². The summed E-state index contributed by atoms with van der Waals surface area (Å²) in [6.45, 7) is 13.7. The first-order valence-electron chi connectivity index (χ1n) is 16.6. The number of aliphatic hydroxyl groups is 1. The maximum atomic E-state index is 15.1. The zero-order valence-corrected chi connectivity index (χ0v) is 27.5. The number of carbonyl (C=O) groups excluding carboxylic acids is 3. The fraction of sp³-hybridized carbons (Fsp3) is 0.500. The van der Waals surface area contributed by atoms with Crippen LogP contribution in [0, 0.1) is 25.7 Å². The lowest BCUT2D eigenvalue weighted by Gasteiger charge is -2.40. The number of hydrogen-bond acceptors (Lipinski definition) is 6. The number of hydrogen-bond donors (Lipinski definition) is 1. The van der Waals surface area contributed by atoms with Crippen LogP contribution in [0.2, 0.25) is 0 Å². The minimum Gasteiger partial charge on any atom is -0.465 e. The van der Waals surface area contributed by atoms with Crippen LogP contribution in [-0.2, 0) is 30.3 Å². The molecule has 246 valence electrons. The van der Waals surface area contributed by atoms with Crippen LogP contribution in [0.25, 0.3) is 0 Å². The lowest BCUT2D eigenvalue weighted by atomic mass is 9.65. The van der Waals surface area contributed by atoms with Crippen LogP contribution in [0.3, 0.4) is 0 Å². The summed E-state index contributed by atoms with van der Waals surface area (Å²) >= 11 is 0. The summed E-state index contributed by atoms with van der Waals surface area (Å²) in [6.07, 6.45) is 7.73. The van der Waals surface area contributed by atoms with Gasteiger partial charge in [-0.3, -0.25) is 14.4 Å². The number of allylic oxidation sites excluding steroid dienone is 1. The molecule has 46 heavy (non-hydrogen) atoms. The first-order valence-corrected chi connectivity index (χ1v) is 16.6. The van der Waals surface area contributed by atoms with Crippen molar-refractivity contribution in [2.75, 3.05) is 24.7 Å². The van der Waals surface area contributed by atoms with Gasteiger partial charge >= 0.3 is 5.97 Å². The minimum atomic E-state index is -1.24. The van der Waals surface area contributed by atoms with E-state index in [1.54, 1.807) is 15.9 Å². The molecule has 2 amide bonds. The third-order valence-corrected chi connectivity index (χ3v) is 10.3. The number of carbonyl (C=O) groups is 3. The molecule has 2 unspecified atom stereocenters. The van der Waals surface area contributed by atoms with Crippen LogP contribution in [-0.4, -0.2) is 70.8 Å². The highest BCUT2D eigenvalue weighted by Gasteiger charge is 2.79. The second-order valence-corrected chi connectivity index (χ2v) is 13.1. The first kappa shape index (κ1) is 33.6. The Morgan fingerprint density at radius 2 is 1.89 bits per heavy atom. The number of aryl methyl sites for hydroxylation is 2. The highest BCUT2D eigenvalue weighted by molar-refractivity contribution is 6.05. The summed E-state index contributed by atoms with van der Waals surface area (Å²) in [5.41, 5.74) is 1.42. The van der Waals surface area contributed by atoms with Crippen LogP contribution >= 0.6 is 0 Å². The molecule has 0 aromatic heterocycles. The van der Waals surface area contributed by atoms with Crippen molar-refractivity contribution in [1.29, 1.82) is 0 Å². The maximum absolute atomic E-state index is 15.1.